The van der Waals surface area contributed by atoms with Gasteiger partial charge in [-0.05, 0) is 57.5 Å². The van der Waals surface area contributed by atoms with Crippen LogP contribution in [0.3, 0.4) is 0 Å². The first-order chi connectivity index (χ1) is 12.9. The lowest BCUT2D eigenvalue weighted by atomic mass is 10.0. The molecule has 0 spiro atoms. The number of hydrogen-bond acceptors (Lipinski definition) is 6. The zero-order valence-electron chi connectivity index (χ0n) is 17.1. The second-order valence-corrected chi connectivity index (χ2v) is 7.47. The third-order valence-electron chi connectivity index (χ3n) is 5.78. The van der Waals surface area contributed by atoms with Crippen molar-refractivity contribution in [3.8, 4) is 17.2 Å². The summed E-state index contributed by atoms with van der Waals surface area (Å²) in [6.45, 7) is 10.1. The first kappa shape index (κ1) is 19.9. The van der Waals surface area contributed by atoms with Gasteiger partial charge in [-0.25, -0.2) is 4.98 Å². The maximum atomic E-state index is 9.29. The van der Waals surface area contributed by atoms with Gasteiger partial charge in [0.05, 0.1) is 12.8 Å². The maximum Gasteiger partial charge on any atom is 0.226 e. The number of rotatable bonds is 6. The Balaban J connectivity index is 1.78. The molecule has 1 saturated heterocycles. The summed E-state index contributed by atoms with van der Waals surface area (Å²) >= 11 is 0. The number of aliphatic hydroxyl groups excluding tert-OH is 1. The van der Waals surface area contributed by atoms with Crippen LogP contribution in [0.1, 0.15) is 29.0 Å². The molecule has 0 bridgehead atoms. The minimum Gasteiger partial charge on any atom is -0.496 e. The van der Waals surface area contributed by atoms with Gasteiger partial charge in [-0.1, -0.05) is 0 Å². The van der Waals surface area contributed by atoms with E-state index in [0.29, 0.717) is 11.9 Å². The van der Waals surface area contributed by atoms with Gasteiger partial charge in [0.25, 0.3) is 0 Å². The van der Waals surface area contributed by atoms with Gasteiger partial charge in [-0.3, -0.25) is 4.90 Å². The van der Waals surface area contributed by atoms with Crippen molar-refractivity contribution >= 4 is 0 Å². The lowest BCUT2D eigenvalue weighted by Gasteiger charge is -2.39. The Bertz CT molecular complexity index is 787. The summed E-state index contributed by atoms with van der Waals surface area (Å²) in [5.41, 5.74) is 4.24. The molecule has 0 aliphatic carbocycles. The van der Waals surface area contributed by atoms with Crippen molar-refractivity contribution in [2.45, 2.75) is 39.8 Å². The van der Waals surface area contributed by atoms with Crippen LogP contribution in [0.15, 0.2) is 16.5 Å². The number of aliphatic hydroxyl groups is 1. The SMILES string of the molecule is COc1ccc(-c2nc(CN3CCN(C)[C@H](CCO)C3)c(C)o2)c(C)c1C. The molecule has 0 saturated carbocycles. The molecule has 2 aromatic rings. The highest BCUT2D eigenvalue weighted by atomic mass is 16.5. The Labute approximate surface area is 161 Å². The van der Waals surface area contributed by atoms with Crippen LogP contribution in [-0.4, -0.2) is 66.3 Å². The minimum absolute atomic E-state index is 0.228. The van der Waals surface area contributed by atoms with Crippen LogP contribution in [0.5, 0.6) is 5.75 Å². The molecule has 0 amide bonds. The molecule has 6 nitrogen and oxygen atoms in total. The summed E-state index contributed by atoms with van der Waals surface area (Å²) in [7, 11) is 3.82. The number of nitrogens with zero attached hydrogens (tertiary/aromatic N) is 3. The summed E-state index contributed by atoms with van der Waals surface area (Å²) < 4.78 is 11.4. The van der Waals surface area contributed by atoms with E-state index >= 15 is 0 Å². The van der Waals surface area contributed by atoms with E-state index in [1.807, 2.05) is 19.1 Å². The summed E-state index contributed by atoms with van der Waals surface area (Å²) in [4.78, 5) is 9.54. The van der Waals surface area contributed by atoms with E-state index < -0.39 is 0 Å². The molecule has 27 heavy (non-hydrogen) atoms. The number of oxazole rings is 1. The van der Waals surface area contributed by atoms with Gasteiger partial charge >= 0.3 is 0 Å². The molecule has 1 aliphatic rings. The van der Waals surface area contributed by atoms with Crippen molar-refractivity contribution in [2.75, 3.05) is 40.4 Å². The smallest absolute Gasteiger partial charge is 0.226 e. The van der Waals surface area contributed by atoms with E-state index in [4.69, 9.17) is 14.1 Å². The van der Waals surface area contributed by atoms with Gasteiger partial charge in [-0.15, -0.1) is 0 Å². The van der Waals surface area contributed by atoms with Gasteiger partial charge in [0, 0.05) is 44.4 Å². The highest BCUT2D eigenvalue weighted by Crippen LogP contribution is 2.32. The van der Waals surface area contributed by atoms with Crippen molar-refractivity contribution < 1.29 is 14.3 Å². The standard InChI is InChI=1S/C21H31N3O3/c1-14-15(2)20(26-5)7-6-18(14)21-22-19(16(3)27-21)13-24-10-9-23(4)17(12-24)8-11-25/h6-7,17,25H,8-13H2,1-5H3/t17-/m1/s1. The zero-order valence-corrected chi connectivity index (χ0v) is 17.1. The fourth-order valence-corrected chi connectivity index (χ4v) is 3.77. The predicted molar refractivity (Wildman–Crippen MR) is 106 cm³/mol. The van der Waals surface area contributed by atoms with E-state index in [-0.39, 0.29) is 6.61 Å². The first-order valence-electron chi connectivity index (χ1n) is 9.59. The number of likely N-dealkylation sites (N-methyl/N-ethyl adjacent to an activating group) is 1. The molecule has 1 aromatic heterocycles. The van der Waals surface area contributed by atoms with Crippen molar-refractivity contribution in [3.05, 3.63) is 34.7 Å². The van der Waals surface area contributed by atoms with E-state index in [1.54, 1.807) is 7.11 Å². The van der Waals surface area contributed by atoms with Gasteiger partial charge in [-0.2, -0.15) is 0 Å². The first-order valence-corrected chi connectivity index (χ1v) is 9.59. The quantitative estimate of drug-likeness (QED) is 0.840. The van der Waals surface area contributed by atoms with Crippen molar-refractivity contribution in [1.29, 1.82) is 0 Å². The molecule has 1 aliphatic heterocycles. The zero-order chi connectivity index (χ0) is 19.6. The monoisotopic (exact) mass is 373 g/mol. The number of hydrogen-bond donors (Lipinski definition) is 1. The van der Waals surface area contributed by atoms with Crippen molar-refractivity contribution in [3.63, 3.8) is 0 Å². The van der Waals surface area contributed by atoms with Gasteiger partial charge in [0.15, 0.2) is 0 Å². The second-order valence-electron chi connectivity index (χ2n) is 7.47. The topological polar surface area (TPSA) is 62.0 Å². The summed E-state index contributed by atoms with van der Waals surface area (Å²) in [5, 5.41) is 9.29. The Morgan fingerprint density at radius 3 is 2.70 bits per heavy atom. The highest BCUT2D eigenvalue weighted by molar-refractivity contribution is 5.63. The van der Waals surface area contributed by atoms with Crippen LogP contribution in [0.2, 0.25) is 0 Å². The van der Waals surface area contributed by atoms with Crippen molar-refractivity contribution in [2.24, 2.45) is 0 Å². The number of aromatic nitrogens is 1. The average Bonchev–Trinajstić information content (AvgIpc) is 3.00. The van der Waals surface area contributed by atoms with Crippen LogP contribution >= 0.6 is 0 Å². The van der Waals surface area contributed by atoms with Crippen LogP contribution in [0, 0.1) is 20.8 Å². The number of ether oxygens (including phenoxy) is 1. The summed E-state index contributed by atoms with van der Waals surface area (Å²) in [6, 6.07) is 4.38. The molecule has 2 heterocycles. The minimum atomic E-state index is 0.228. The van der Waals surface area contributed by atoms with Crippen LogP contribution in [-0.2, 0) is 6.54 Å². The second kappa shape index (κ2) is 8.42. The average molecular weight is 373 g/mol. The van der Waals surface area contributed by atoms with Crippen molar-refractivity contribution in [1.82, 2.24) is 14.8 Å². The van der Waals surface area contributed by atoms with Crippen LogP contribution in [0.25, 0.3) is 11.5 Å². The maximum absolute atomic E-state index is 9.29. The lowest BCUT2D eigenvalue weighted by Crippen LogP contribution is -2.51. The van der Waals surface area contributed by atoms with Gasteiger partial charge in [0.1, 0.15) is 11.5 Å². The summed E-state index contributed by atoms with van der Waals surface area (Å²) in [6.07, 6.45) is 0.806. The Morgan fingerprint density at radius 1 is 1.22 bits per heavy atom. The molecule has 148 valence electrons. The number of aryl methyl sites for hydroxylation is 1. The molecule has 1 atom stereocenters. The Morgan fingerprint density at radius 2 is 2.00 bits per heavy atom. The van der Waals surface area contributed by atoms with E-state index in [1.165, 1.54) is 0 Å². The Kier molecular flexibility index (Phi) is 6.19. The van der Waals surface area contributed by atoms with Gasteiger partial charge in [0.2, 0.25) is 5.89 Å². The third-order valence-corrected chi connectivity index (χ3v) is 5.78. The van der Waals surface area contributed by atoms with E-state index in [0.717, 1.165) is 66.5 Å². The molecular formula is C21H31N3O3. The molecule has 0 radical (unpaired) electrons. The van der Waals surface area contributed by atoms with E-state index in [2.05, 4.69) is 30.7 Å². The predicted octanol–water partition coefficient (Wildman–Crippen LogP) is 2.77. The van der Waals surface area contributed by atoms with E-state index in [9.17, 15) is 5.11 Å². The highest BCUT2D eigenvalue weighted by Gasteiger charge is 2.25. The number of piperazine rings is 1. The Hall–Kier alpha value is -1.89. The third kappa shape index (κ3) is 4.18. The molecule has 6 heteroatoms. The van der Waals surface area contributed by atoms with Crippen LogP contribution in [0.4, 0.5) is 0 Å². The fraction of sp³-hybridized carbons (Fsp3) is 0.571. The molecular weight excluding hydrogens is 342 g/mol. The lowest BCUT2D eigenvalue weighted by molar-refractivity contribution is 0.0734. The van der Waals surface area contributed by atoms with Gasteiger partial charge < -0.3 is 19.2 Å². The molecule has 1 fully saturated rings. The summed E-state index contributed by atoms with van der Waals surface area (Å²) in [5.74, 6) is 2.43. The fourth-order valence-electron chi connectivity index (χ4n) is 3.77. The molecule has 0 unspecified atom stereocenters. The molecule has 3 rings (SSSR count). The number of benzene rings is 1. The largest absolute Gasteiger partial charge is 0.496 e. The van der Waals surface area contributed by atoms with Crippen LogP contribution < -0.4 is 4.74 Å². The number of methoxy groups -OCH3 is 1. The molecule has 1 aromatic carbocycles. The molecule has 1 N–H and O–H groups in total. The normalized spacial score (nSPS) is 18.8.